The minimum atomic E-state index is -0.0653. The van der Waals surface area contributed by atoms with Crippen LogP contribution in [0.15, 0.2) is 18.2 Å². The maximum absolute atomic E-state index is 12.2. The Morgan fingerprint density at radius 1 is 1.39 bits per heavy atom. The number of amides is 1. The lowest BCUT2D eigenvalue weighted by Gasteiger charge is -2.23. The Bertz CT molecular complexity index is 439. The summed E-state index contributed by atoms with van der Waals surface area (Å²) in [7, 11) is 0. The van der Waals surface area contributed by atoms with Gasteiger partial charge in [0.25, 0.3) is 0 Å². The van der Waals surface area contributed by atoms with E-state index in [0.717, 1.165) is 30.0 Å². The van der Waals surface area contributed by atoms with Crippen molar-refractivity contribution >= 4 is 17.3 Å². The van der Waals surface area contributed by atoms with Crippen LogP contribution in [0.4, 0.5) is 11.4 Å². The van der Waals surface area contributed by atoms with Gasteiger partial charge in [0.1, 0.15) is 0 Å². The van der Waals surface area contributed by atoms with Gasteiger partial charge in [0.2, 0.25) is 5.91 Å². The van der Waals surface area contributed by atoms with Crippen LogP contribution in [0.1, 0.15) is 25.3 Å². The maximum Gasteiger partial charge on any atom is 0.241 e. The molecule has 1 atom stereocenters. The van der Waals surface area contributed by atoms with E-state index in [1.807, 2.05) is 32.0 Å². The summed E-state index contributed by atoms with van der Waals surface area (Å²) in [6.45, 7) is 5.96. The van der Waals surface area contributed by atoms with E-state index >= 15 is 0 Å². The fraction of sp³-hybridized carbons (Fsp3) is 0.500. The number of benzene rings is 1. The van der Waals surface area contributed by atoms with Crippen molar-refractivity contribution in [2.24, 2.45) is 0 Å². The van der Waals surface area contributed by atoms with Crippen molar-refractivity contribution in [2.75, 3.05) is 24.1 Å². The Morgan fingerprint density at radius 2 is 2.06 bits per heavy atom. The number of nitrogens with two attached hydrogens (primary N) is 1. The molecule has 1 saturated heterocycles. The van der Waals surface area contributed by atoms with E-state index < -0.39 is 0 Å². The SMILES string of the molecule is Cc1cc(N)ccc1NC(=O)C(C)N1CCCC1. The topological polar surface area (TPSA) is 58.4 Å². The third-order valence-corrected chi connectivity index (χ3v) is 3.58. The van der Waals surface area contributed by atoms with Crippen LogP contribution in [0.25, 0.3) is 0 Å². The molecule has 1 aromatic rings. The number of hydrogen-bond donors (Lipinski definition) is 2. The van der Waals surface area contributed by atoms with Gasteiger partial charge in [-0.2, -0.15) is 0 Å². The molecule has 1 fully saturated rings. The monoisotopic (exact) mass is 247 g/mol. The molecular formula is C14H21N3O. The molecule has 18 heavy (non-hydrogen) atoms. The molecule has 1 aliphatic heterocycles. The molecule has 1 aromatic carbocycles. The molecule has 98 valence electrons. The van der Waals surface area contributed by atoms with E-state index in [0.29, 0.717) is 0 Å². The number of nitrogen functional groups attached to an aromatic ring is 1. The van der Waals surface area contributed by atoms with E-state index in [9.17, 15) is 4.79 Å². The highest BCUT2D eigenvalue weighted by atomic mass is 16.2. The molecule has 1 amide bonds. The van der Waals surface area contributed by atoms with Gasteiger partial charge < -0.3 is 11.1 Å². The van der Waals surface area contributed by atoms with Crippen molar-refractivity contribution in [3.63, 3.8) is 0 Å². The summed E-state index contributed by atoms with van der Waals surface area (Å²) in [5.74, 6) is 0.0600. The summed E-state index contributed by atoms with van der Waals surface area (Å²) in [6, 6.07) is 5.47. The number of likely N-dealkylation sites (tertiary alicyclic amines) is 1. The highest BCUT2D eigenvalue weighted by molar-refractivity contribution is 5.95. The van der Waals surface area contributed by atoms with Gasteiger partial charge in [0.05, 0.1) is 6.04 Å². The molecular weight excluding hydrogens is 226 g/mol. The van der Waals surface area contributed by atoms with Gasteiger partial charge in [-0.15, -0.1) is 0 Å². The molecule has 1 unspecified atom stereocenters. The summed E-state index contributed by atoms with van der Waals surface area (Å²) in [6.07, 6.45) is 2.39. The normalized spacial score (nSPS) is 17.7. The van der Waals surface area contributed by atoms with Crippen molar-refractivity contribution in [3.05, 3.63) is 23.8 Å². The molecule has 0 saturated carbocycles. The minimum Gasteiger partial charge on any atom is -0.399 e. The minimum absolute atomic E-state index is 0.0600. The molecule has 4 nitrogen and oxygen atoms in total. The third-order valence-electron chi connectivity index (χ3n) is 3.58. The lowest BCUT2D eigenvalue weighted by atomic mass is 10.1. The van der Waals surface area contributed by atoms with Gasteiger partial charge in [0.15, 0.2) is 0 Å². The van der Waals surface area contributed by atoms with Gasteiger partial charge in [0, 0.05) is 11.4 Å². The maximum atomic E-state index is 12.2. The van der Waals surface area contributed by atoms with E-state index in [2.05, 4.69) is 10.2 Å². The molecule has 1 aliphatic rings. The van der Waals surface area contributed by atoms with Crippen molar-refractivity contribution < 1.29 is 4.79 Å². The lowest BCUT2D eigenvalue weighted by molar-refractivity contribution is -0.120. The summed E-state index contributed by atoms with van der Waals surface area (Å²) in [5.41, 5.74) is 8.26. The van der Waals surface area contributed by atoms with E-state index in [4.69, 9.17) is 5.73 Å². The number of nitrogens with one attached hydrogen (secondary N) is 1. The molecule has 4 heteroatoms. The van der Waals surface area contributed by atoms with Crippen LogP contribution in [-0.2, 0) is 4.79 Å². The largest absolute Gasteiger partial charge is 0.399 e. The standard InChI is InChI=1S/C14H21N3O/c1-10-9-12(15)5-6-13(10)16-14(18)11(2)17-7-3-4-8-17/h5-6,9,11H,3-4,7-8,15H2,1-2H3,(H,16,18). The predicted molar refractivity (Wildman–Crippen MR) is 74.5 cm³/mol. The highest BCUT2D eigenvalue weighted by Crippen LogP contribution is 2.19. The Morgan fingerprint density at radius 3 is 2.67 bits per heavy atom. The van der Waals surface area contributed by atoms with Crippen LogP contribution in [0, 0.1) is 6.92 Å². The number of rotatable bonds is 3. The van der Waals surface area contributed by atoms with Gasteiger partial charge >= 0.3 is 0 Å². The summed E-state index contributed by atoms with van der Waals surface area (Å²) in [5, 5.41) is 2.98. The molecule has 3 N–H and O–H groups in total. The van der Waals surface area contributed by atoms with Crippen molar-refractivity contribution in [2.45, 2.75) is 32.7 Å². The van der Waals surface area contributed by atoms with Crippen LogP contribution in [0.2, 0.25) is 0 Å². The van der Waals surface area contributed by atoms with E-state index in [1.54, 1.807) is 0 Å². The van der Waals surface area contributed by atoms with Gasteiger partial charge in [-0.3, -0.25) is 9.69 Å². The number of anilines is 2. The second kappa shape index (κ2) is 5.40. The fourth-order valence-corrected chi connectivity index (χ4v) is 2.36. The first kappa shape index (κ1) is 12.9. The lowest BCUT2D eigenvalue weighted by Crippen LogP contribution is -2.40. The molecule has 0 aromatic heterocycles. The Kier molecular flexibility index (Phi) is 3.87. The molecule has 0 spiro atoms. The fourth-order valence-electron chi connectivity index (χ4n) is 2.36. The van der Waals surface area contributed by atoms with Crippen LogP contribution in [-0.4, -0.2) is 29.9 Å². The predicted octanol–water partition coefficient (Wildman–Crippen LogP) is 2.00. The number of nitrogens with zero attached hydrogens (tertiary/aromatic N) is 1. The highest BCUT2D eigenvalue weighted by Gasteiger charge is 2.24. The Hall–Kier alpha value is -1.55. The van der Waals surface area contributed by atoms with Gasteiger partial charge in [-0.25, -0.2) is 0 Å². The zero-order valence-corrected chi connectivity index (χ0v) is 11.1. The number of carbonyl (C=O) groups is 1. The van der Waals surface area contributed by atoms with E-state index in [-0.39, 0.29) is 11.9 Å². The summed E-state index contributed by atoms with van der Waals surface area (Å²) >= 11 is 0. The van der Waals surface area contributed by atoms with Crippen LogP contribution >= 0.6 is 0 Å². The molecule has 0 aliphatic carbocycles. The van der Waals surface area contributed by atoms with Crippen LogP contribution in [0.3, 0.4) is 0 Å². The third kappa shape index (κ3) is 2.82. The second-order valence-corrected chi connectivity index (χ2v) is 4.98. The summed E-state index contributed by atoms with van der Waals surface area (Å²) < 4.78 is 0. The number of hydrogen-bond acceptors (Lipinski definition) is 3. The zero-order valence-electron chi connectivity index (χ0n) is 11.1. The Balaban J connectivity index is 2.01. The van der Waals surface area contributed by atoms with Crippen molar-refractivity contribution in [3.8, 4) is 0 Å². The first-order valence-electron chi connectivity index (χ1n) is 6.49. The molecule has 1 heterocycles. The van der Waals surface area contributed by atoms with Crippen molar-refractivity contribution in [1.82, 2.24) is 4.90 Å². The van der Waals surface area contributed by atoms with Crippen molar-refractivity contribution in [1.29, 1.82) is 0 Å². The van der Waals surface area contributed by atoms with Gasteiger partial charge in [-0.05, 0) is 63.5 Å². The quantitative estimate of drug-likeness (QED) is 0.803. The summed E-state index contributed by atoms with van der Waals surface area (Å²) in [4.78, 5) is 14.4. The van der Waals surface area contributed by atoms with Crippen LogP contribution in [0.5, 0.6) is 0 Å². The van der Waals surface area contributed by atoms with Crippen LogP contribution < -0.4 is 11.1 Å². The average molecular weight is 247 g/mol. The number of aryl methyl sites for hydroxylation is 1. The first-order valence-corrected chi connectivity index (χ1v) is 6.49. The molecule has 2 rings (SSSR count). The molecule has 0 radical (unpaired) electrons. The first-order chi connectivity index (χ1) is 8.58. The van der Waals surface area contributed by atoms with Gasteiger partial charge in [-0.1, -0.05) is 0 Å². The Labute approximate surface area is 108 Å². The smallest absolute Gasteiger partial charge is 0.241 e. The van der Waals surface area contributed by atoms with E-state index in [1.165, 1.54) is 12.8 Å². The number of carbonyl (C=O) groups excluding carboxylic acids is 1. The zero-order chi connectivity index (χ0) is 13.1. The second-order valence-electron chi connectivity index (χ2n) is 4.98. The average Bonchev–Trinajstić information content (AvgIpc) is 2.85. The molecule has 0 bridgehead atoms.